The van der Waals surface area contributed by atoms with Crippen LogP contribution in [-0.2, 0) is 0 Å². The van der Waals surface area contributed by atoms with Crippen LogP contribution >= 0.6 is 0 Å². The summed E-state index contributed by atoms with van der Waals surface area (Å²) in [6.45, 7) is 7.22. The number of ether oxygens (including phenoxy) is 1. The Labute approximate surface area is 236 Å². The monoisotopic (exact) mass is 533 g/mol. The third-order valence-corrected chi connectivity index (χ3v) is 9.87. The second kappa shape index (κ2) is 9.55. The summed E-state index contributed by atoms with van der Waals surface area (Å²) in [5.74, 6) is 0.854. The van der Waals surface area contributed by atoms with Crippen LogP contribution in [0.25, 0.3) is 55.8 Å². The predicted molar refractivity (Wildman–Crippen MR) is 173 cm³/mol. The standard InChI is InChI=1S/C37H31NOSi/c1-40(2,3)31-14-9-13-30(25-31)38-35-16-5-4-15-32(35)34-24-27(17-19-36(34)38)28-18-20-37-33(23-28)29-12-8-11-26(22-29)10-6-7-21-39-37/h4-25H,1-3H3/b10-6-,21-7+. The highest BCUT2D eigenvalue weighted by molar-refractivity contribution is 6.88. The van der Waals surface area contributed by atoms with E-state index >= 15 is 0 Å². The first-order chi connectivity index (χ1) is 19.5. The normalized spacial score (nSPS) is 14.5. The average molecular weight is 534 g/mol. The summed E-state index contributed by atoms with van der Waals surface area (Å²) in [6.07, 6.45) is 7.78. The van der Waals surface area contributed by atoms with Gasteiger partial charge in [0.25, 0.3) is 0 Å². The number of aromatic nitrogens is 1. The zero-order valence-corrected chi connectivity index (χ0v) is 24.1. The molecule has 7 rings (SSSR count). The van der Waals surface area contributed by atoms with E-state index in [1.807, 2.05) is 12.2 Å². The highest BCUT2D eigenvalue weighted by Gasteiger charge is 2.19. The quantitative estimate of drug-likeness (QED) is 0.207. The van der Waals surface area contributed by atoms with Crippen LogP contribution in [0, 0.1) is 0 Å². The molecule has 3 heteroatoms. The number of allylic oxidation sites excluding steroid dienone is 2. The van der Waals surface area contributed by atoms with Gasteiger partial charge in [0.05, 0.1) is 25.4 Å². The minimum atomic E-state index is -1.44. The molecule has 2 nitrogen and oxygen atoms in total. The SMILES string of the molecule is C[Si](C)(C)c1cccc(-n2c3ccccc3c3cc(-c4ccc5c(c4)-c4cccc(c4)/C=C\C=C\O5)ccc32)c1. The van der Waals surface area contributed by atoms with E-state index in [9.17, 15) is 0 Å². The maximum atomic E-state index is 6.03. The molecule has 0 aliphatic carbocycles. The molecule has 1 aromatic heterocycles. The van der Waals surface area contributed by atoms with Crippen molar-refractivity contribution in [1.82, 2.24) is 4.57 Å². The molecule has 0 saturated heterocycles. The molecule has 0 N–H and O–H groups in total. The lowest BCUT2D eigenvalue weighted by atomic mass is 9.96. The molecule has 0 saturated carbocycles. The van der Waals surface area contributed by atoms with E-state index in [1.165, 1.54) is 49.4 Å². The summed E-state index contributed by atoms with van der Waals surface area (Å²) in [4.78, 5) is 0. The molecule has 2 bridgehead atoms. The van der Waals surface area contributed by atoms with Crippen LogP contribution in [0.3, 0.4) is 0 Å². The van der Waals surface area contributed by atoms with E-state index in [4.69, 9.17) is 4.74 Å². The molecule has 2 heterocycles. The molecule has 0 spiro atoms. The number of fused-ring (bicyclic) bond motifs is 7. The molecule has 5 aromatic carbocycles. The molecule has 0 unspecified atom stereocenters. The van der Waals surface area contributed by atoms with Gasteiger partial charge >= 0.3 is 0 Å². The topological polar surface area (TPSA) is 14.2 Å². The number of hydrogen-bond donors (Lipinski definition) is 0. The molecular formula is C37H31NOSi. The molecular weight excluding hydrogens is 502 g/mol. The van der Waals surface area contributed by atoms with Gasteiger partial charge in [-0.3, -0.25) is 0 Å². The molecule has 40 heavy (non-hydrogen) atoms. The molecule has 194 valence electrons. The number of nitrogens with zero attached hydrogens (tertiary/aromatic N) is 1. The van der Waals surface area contributed by atoms with E-state index in [-0.39, 0.29) is 0 Å². The summed E-state index contributed by atoms with van der Waals surface area (Å²) in [5.41, 5.74) is 9.46. The van der Waals surface area contributed by atoms with Crippen LogP contribution in [0.4, 0.5) is 0 Å². The minimum Gasteiger partial charge on any atom is -0.464 e. The highest BCUT2D eigenvalue weighted by Crippen LogP contribution is 2.38. The Morgan fingerprint density at radius 1 is 0.600 bits per heavy atom. The fourth-order valence-electron chi connectivity index (χ4n) is 5.71. The lowest BCUT2D eigenvalue weighted by molar-refractivity contribution is 0.483. The van der Waals surface area contributed by atoms with E-state index < -0.39 is 8.07 Å². The van der Waals surface area contributed by atoms with E-state index in [0.29, 0.717) is 0 Å². The van der Waals surface area contributed by atoms with E-state index in [2.05, 4.69) is 139 Å². The van der Waals surface area contributed by atoms with Crippen molar-refractivity contribution in [2.75, 3.05) is 0 Å². The zero-order valence-electron chi connectivity index (χ0n) is 23.1. The van der Waals surface area contributed by atoms with E-state index in [0.717, 1.165) is 16.9 Å². The minimum absolute atomic E-state index is 0.854. The number of para-hydroxylation sites is 1. The van der Waals surface area contributed by atoms with Crippen molar-refractivity contribution in [1.29, 1.82) is 0 Å². The number of benzene rings is 5. The van der Waals surface area contributed by atoms with Gasteiger partial charge < -0.3 is 9.30 Å². The predicted octanol–water partition coefficient (Wildman–Crippen LogP) is 9.58. The van der Waals surface area contributed by atoms with Crippen LogP contribution in [0.2, 0.25) is 19.6 Å². The van der Waals surface area contributed by atoms with Gasteiger partial charge in [-0.1, -0.05) is 97.6 Å². The maximum Gasteiger partial charge on any atom is 0.134 e. The van der Waals surface area contributed by atoms with Crippen LogP contribution in [0.5, 0.6) is 5.75 Å². The second-order valence-electron chi connectivity index (χ2n) is 11.5. The molecule has 0 amide bonds. The average Bonchev–Trinajstić information content (AvgIpc) is 3.30. The van der Waals surface area contributed by atoms with Gasteiger partial charge in [-0.05, 0) is 76.9 Å². The van der Waals surface area contributed by atoms with Gasteiger partial charge in [0, 0.05) is 22.0 Å². The Balaban J connectivity index is 1.40. The van der Waals surface area contributed by atoms with Crippen LogP contribution < -0.4 is 9.92 Å². The van der Waals surface area contributed by atoms with E-state index in [1.54, 1.807) is 6.26 Å². The van der Waals surface area contributed by atoms with Crippen molar-refractivity contribution in [3.8, 4) is 33.7 Å². The van der Waals surface area contributed by atoms with Crippen molar-refractivity contribution < 1.29 is 4.74 Å². The van der Waals surface area contributed by atoms with Gasteiger partial charge in [0.2, 0.25) is 0 Å². The fraction of sp³-hybridized carbons (Fsp3) is 0.0811. The van der Waals surface area contributed by atoms with Crippen molar-refractivity contribution in [3.63, 3.8) is 0 Å². The summed E-state index contributed by atoms with van der Waals surface area (Å²) >= 11 is 0. The largest absolute Gasteiger partial charge is 0.464 e. The fourth-order valence-corrected chi connectivity index (χ4v) is 6.89. The molecule has 6 aromatic rings. The Morgan fingerprint density at radius 3 is 2.30 bits per heavy atom. The smallest absolute Gasteiger partial charge is 0.134 e. The highest BCUT2D eigenvalue weighted by atomic mass is 28.3. The molecule has 1 aliphatic heterocycles. The van der Waals surface area contributed by atoms with Gasteiger partial charge in [-0.25, -0.2) is 0 Å². The Hall–Kier alpha value is -4.60. The Bertz CT molecular complexity index is 1970. The van der Waals surface area contributed by atoms with Gasteiger partial charge in [0.1, 0.15) is 5.75 Å². The Kier molecular flexibility index (Phi) is 5.83. The second-order valence-corrected chi connectivity index (χ2v) is 16.6. The first kappa shape index (κ1) is 24.4. The summed E-state index contributed by atoms with van der Waals surface area (Å²) in [5, 5.41) is 4.00. The number of hydrogen-bond acceptors (Lipinski definition) is 1. The van der Waals surface area contributed by atoms with Crippen molar-refractivity contribution in [2.24, 2.45) is 0 Å². The van der Waals surface area contributed by atoms with Crippen molar-refractivity contribution >= 4 is 41.1 Å². The zero-order chi connectivity index (χ0) is 27.3. The van der Waals surface area contributed by atoms with Crippen LogP contribution in [0.1, 0.15) is 5.56 Å². The lowest BCUT2D eigenvalue weighted by Crippen LogP contribution is -2.37. The van der Waals surface area contributed by atoms with Crippen LogP contribution in [-0.4, -0.2) is 12.6 Å². The van der Waals surface area contributed by atoms with Crippen molar-refractivity contribution in [3.05, 3.63) is 133 Å². The third kappa shape index (κ3) is 4.29. The van der Waals surface area contributed by atoms with Crippen LogP contribution in [0.15, 0.2) is 128 Å². The first-order valence-electron chi connectivity index (χ1n) is 13.8. The Morgan fingerprint density at radius 2 is 1.40 bits per heavy atom. The first-order valence-corrected chi connectivity index (χ1v) is 17.3. The number of rotatable bonds is 3. The van der Waals surface area contributed by atoms with Crippen molar-refractivity contribution in [2.45, 2.75) is 19.6 Å². The molecule has 0 radical (unpaired) electrons. The third-order valence-electron chi connectivity index (χ3n) is 7.83. The molecule has 0 atom stereocenters. The van der Waals surface area contributed by atoms with Gasteiger partial charge in [-0.15, -0.1) is 0 Å². The molecule has 1 aliphatic rings. The molecule has 0 fully saturated rings. The van der Waals surface area contributed by atoms with Gasteiger partial charge in [0.15, 0.2) is 0 Å². The maximum absolute atomic E-state index is 6.03. The summed E-state index contributed by atoms with van der Waals surface area (Å²) < 4.78 is 8.45. The lowest BCUT2D eigenvalue weighted by Gasteiger charge is -2.18. The summed E-state index contributed by atoms with van der Waals surface area (Å²) in [7, 11) is -1.44. The summed E-state index contributed by atoms with van der Waals surface area (Å²) in [6, 6.07) is 39.9. The van der Waals surface area contributed by atoms with Gasteiger partial charge in [-0.2, -0.15) is 0 Å².